The molecule has 0 radical (unpaired) electrons. The minimum atomic E-state index is -4.16. The highest BCUT2D eigenvalue weighted by Gasteiger charge is 2.27. The van der Waals surface area contributed by atoms with Gasteiger partial charge in [-0.15, -0.1) is 0 Å². The molecule has 1 fully saturated rings. The van der Waals surface area contributed by atoms with Crippen molar-refractivity contribution in [2.45, 2.75) is 64.0 Å². The van der Waals surface area contributed by atoms with E-state index in [1.165, 1.54) is 12.8 Å². The highest BCUT2D eigenvalue weighted by atomic mass is 19.4. The van der Waals surface area contributed by atoms with Gasteiger partial charge in [0.05, 0.1) is 6.42 Å². The molecular weight excluding hydrogens is 279 g/mol. The molecule has 0 spiro atoms. The van der Waals surface area contributed by atoms with E-state index >= 15 is 0 Å². The molecule has 0 amide bonds. The van der Waals surface area contributed by atoms with Crippen molar-refractivity contribution in [3.8, 4) is 0 Å². The van der Waals surface area contributed by atoms with Gasteiger partial charge in [-0.25, -0.2) is 9.97 Å². The van der Waals surface area contributed by atoms with Crippen molar-refractivity contribution in [3.05, 3.63) is 17.6 Å². The summed E-state index contributed by atoms with van der Waals surface area (Å²) in [7, 11) is 0. The predicted octanol–water partition coefficient (Wildman–Crippen LogP) is 4.45. The van der Waals surface area contributed by atoms with Crippen LogP contribution in [0.5, 0.6) is 0 Å². The van der Waals surface area contributed by atoms with Crippen molar-refractivity contribution >= 4 is 5.82 Å². The highest BCUT2D eigenvalue weighted by molar-refractivity contribution is 5.37. The van der Waals surface area contributed by atoms with E-state index in [-0.39, 0.29) is 6.42 Å². The number of hydrogen-bond donors (Lipinski definition) is 1. The van der Waals surface area contributed by atoms with Gasteiger partial charge in [0.15, 0.2) is 0 Å². The molecule has 0 bridgehead atoms. The molecule has 1 aromatic heterocycles. The molecule has 118 valence electrons. The largest absolute Gasteiger partial charge is 0.389 e. The van der Waals surface area contributed by atoms with Crippen LogP contribution in [-0.4, -0.2) is 22.7 Å². The second-order valence-corrected chi connectivity index (χ2v) is 5.62. The molecule has 0 aromatic carbocycles. The van der Waals surface area contributed by atoms with Crippen molar-refractivity contribution in [1.29, 1.82) is 0 Å². The van der Waals surface area contributed by atoms with Crippen LogP contribution in [0.15, 0.2) is 6.07 Å². The SMILES string of the molecule is CCCNc1cc(C2CCCC2)nc(CCC(F)(F)F)n1. The number of aryl methyl sites for hydroxylation is 1. The lowest BCUT2D eigenvalue weighted by Gasteiger charge is -2.14. The maximum atomic E-state index is 12.4. The molecule has 6 heteroatoms. The molecule has 1 aliphatic carbocycles. The van der Waals surface area contributed by atoms with E-state index in [1.807, 2.05) is 13.0 Å². The maximum absolute atomic E-state index is 12.4. The smallest absolute Gasteiger partial charge is 0.370 e. The van der Waals surface area contributed by atoms with Crippen LogP contribution in [0.4, 0.5) is 19.0 Å². The molecule has 3 nitrogen and oxygen atoms in total. The van der Waals surface area contributed by atoms with Gasteiger partial charge < -0.3 is 5.32 Å². The van der Waals surface area contributed by atoms with Gasteiger partial charge >= 0.3 is 6.18 Å². The summed E-state index contributed by atoms with van der Waals surface area (Å²) in [6.45, 7) is 2.80. The average Bonchev–Trinajstić information content (AvgIpc) is 2.96. The molecule has 2 rings (SSSR count). The minimum Gasteiger partial charge on any atom is -0.370 e. The van der Waals surface area contributed by atoms with Crippen LogP contribution >= 0.6 is 0 Å². The molecule has 0 unspecified atom stereocenters. The second kappa shape index (κ2) is 7.09. The number of rotatable bonds is 6. The normalized spacial score (nSPS) is 16.4. The zero-order chi connectivity index (χ0) is 15.3. The zero-order valence-corrected chi connectivity index (χ0v) is 12.3. The van der Waals surface area contributed by atoms with Gasteiger partial charge in [-0.1, -0.05) is 19.8 Å². The monoisotopic (exact) mass is 301 g/mol. The Kier molecular flexibility index (Phi) is 5.42. The third-order valence-corrected chi connectivity index (χ3v) is 3.75. The first-order chi connectivity index (χ1) is 9.98. The standard InChI is InChI=1S/C15H22F3N3/c1-2-9-19-14-10-12(11-5-3-4-6-11)20-13(21-14)7-8-15(16,17)18/h10-11H,2-9H2,1H3,(H,19,20,21). The van der Waals surface area contributed by atoms with Gasteiger partial charge in [-0.2, -0.15) is 13.2 Å². The Morgan fingerprint density at radius 3 is 2.57 bits per heavy atom. The summed E-state index contributed by atoms with van der Waals surface area (Å²) >= 11 is 0. The van der Waals surface area contributed by atoms with Gasteiger partial charge in [-0.3, -0.25) is 0 Å². The summed E-state index contributed by atoms with van der Waals surface area (Å²) < 4.78 is 37.1. The summed E-state index contributed by atoms with van der Waals surface area (Å²) in [5, 5.41) is 3.16. The van der Waals surface area contributed by atoms with Gasteiger partial charge in [0.2, 0.25) is 0 Å². The summed E-state index contributed by atoms with van der Waals surface area (Å²) in [6, 6.07) is 1.91. The third kappa shape index (κ3) is 5.17. The van der Waals surface area contributed by atoms with E-state index in [9.17, 15) is 13.2 Å². The average molecular weight is 301 g/mol. The fourth-order valence-electron chi connectivity index (χ4n) is 2.66. The Balaban J connectivity index is 2.15. The molecule has 1 heterocycles. The van der Waals surface area contributed by atoms with Gasteiger partial charge in [0.25, 0.3) is 0 Å². The van der Waals surface area contributed by atoms with E-state index in [0.717, 1.165) is 31.5 Å². The quantitative estimate of drug-likeness (QED) is 0.843. The Bertz CT molecular complexity index is 454. The molecule has 1 saturated carbocycles. The fraction of sp³-hybridized carbons (Fsp3) is 0.733. The zero-order valence-electron chi connectivity index (χ0n) is 12.3. The van der Waals surface area contributed by atoms with E-state index < -0.39 is 12.6 Å². The van der Waals surface area contributed by atoms with Crippen LogP contribution in [0.3, 0.4) is 0 Å². The van der Waals surface area contributed by atoms with E-state index in [1.54, 1.807) is 0 Å². The van der Waals surface area contributed by atoms with Crippen molar-refractivity contribution in [2.75, 3.05) is 11.9 Å². The molecule has 21 heavy (non-hydrogen) atoms. The molecule has 0 atom stereocenters. The lowest BCUT2D eigenvalue weighted by atomic mass is 10.0. The first-order valence-electron chi connectivity index (χ1n) is 7.66. The van der Waals surface area contributed by atoms with Crippen molar-refractivity contribution < 1.29 is 13.2 Å². The Morgan fingerprint density at radius 2 is 1.95 bits per heavy atom. The van der Waals surface area contributed by atoms with Crippen LogP contribution in [0.2, 0.25) is 0 Å². The number of halogens is 3. The number of anilines is 1. The highest BCUT2D eigenvalue weighted by Crippen LogP contribution is 2.34. The maximum Gasteiger partial charge on any atom is 0.389 e. The lowest BCUT2D eigenvalue weighted by molar-refractivity contribution is -0.134. The van der Waals surface area contributed by atoms with Crippen LogP contribution < -0.4 is 5.32 Å². The van der Waals surface area contributed by atoms with E-state index in [0.29, 0.717) is 17.6 Å². The third-order valence-electron chi connectivity index (χ3n) is 3.75. The van der Waals surface area contributed by atoms with Crippen molar-refractivity contribution in [2.24, 2.45) is 0 Å². The molecule has 1 aliphatic rings. The molecule has 1 aromatic rings. The van der Waals surface area contributed by atoms with Crippen molar-refractivity contribution in [3.63, 3.8) is 0 Å². The first kappa shape index (κ1) is 16.0. The van der Waals surface area contributed by atoms with E-state index in [2.05, 4.69) is 15.3 Å². The molecular formula is C15H22F3N3. The minimum absolute atomic E-state index is 0.148. The number of aromatic nitrogens is 2. The summed E-state index contributed by atoms with van der Waals surface area (Å²) in [6.07, 6.45) is 0.254. The fourth-order valence-corrected chi connectivity index (χ4v) is 2.66. The molecule has 1 N–H and O–H groups in total. The Hall–Kier alpha value is -1.33. The van der Waals surface area contributed by atoms with Crippen LogP contribution in [0.1, 0.15) is 62.9 Å². The molecule has 0 aliphatic heterocycles. The lowest BCUT2D eigenvalue weighted by Crippen LogP contribution is -2.13. The first-order valence-corrected chi connectivity index (χ1v) is 7.66. The van der Waals surface area contributed by atoms with Crippen LogP contribution in [0, 0.1) is 0 Å². The van der Waals surface area contributed by atoms with Gasteiger partial charge in [0, 0.05) is 30.6 Å². The summed E-state index contributed by atoms with van der Waals surface area (Å²) in [5.74, 6) is 1.33. The Morgan fingerprint density at radius 1 is 1.24 bits per heavy atom. The van der Waals surface area contributed by atoms with Crippen LogP contribution in [0.25, 0.3) is 0 Å². The topological polar surface area (TPSA) is 37.8 Å². The van der Waals surface area contributed by atoms with Gasteiger partial charge in [0.1, 0.15) is 11.6 Å². The molecule has 0 saturated heterocycles. The second-order valence-electron chi connectivity index (χ2n) is 5.62. The van der Waals surface area contributed by atoms with E-state index in [4.69, 9.17) is 0 Å². The summed E-state index contributed by atoms with van der Waals surface area (Å²) in [5.41, 5.74) is 0.901. The number of hydrogen-bond acceptors (Lipinski definition) is 3. The van der Waals surface area contributed by atoms with Crippen LogP contribution in [-0.2, 0) is 6.42 Å². The summed E-state index contributed by atoms with van der Waals surface area (Å²) in [4.78, 5) is 8.60. The van der Waals surface area contributed by atoms with Crippen molar-refractivity contribution in [1.82, 2.24) is 9.97 Å². The number of alkyl halides is 3. The number of nitrogens with one attached hydrogen (secondary N) is 1. The Labute approximate surface area is 123 Å². The van der Waals surface area contributed by atoms with Gasteiger partial charge in [-0.05, 0) is 19.3 Å². The predicted molar refractivity (Wildman–Crippen MR) is 76.4 cm³/mol. The number of nitrogens with zero attached hydrogens (tertiary/aromatic N) is 2.